The molecule has 2 aromatic carbocycles. The number of oxazole rings is 1. The summed E-state index contributed by atoms with van der Waals surface area (Å²) in [5.41, 5.74) is 1.33. The summed E-state index contributed by atoms with van der Waals surface area (Å²) in [5.74, 6) is 1.72. The Morgan fingerprint density at radius 3 is 2.61 bits per heavy atom. The predicted molar refractivity (Wildman–Crippen MR) is 104 cm³/mol. The van der Waals surface area contributed by atoms with Crippen molar-refractivity contribution in [1.29, 1.82) is 0 Å². The number of hydrogen-bond donors (Lipinski definition) is 1. The van der Waals surface area contributed by atoms with E-state index in [2.05, 4.69) is 26.2 Å². The molecule has 144 valence electrons. The van der Waals surface area contributed by atoms with E-state index in [0.29, 0.717) is 52.9 Å². The molecule has 1 aromatic heterocycles. The molecule has 0 bridgehead atoms. The number of fused-ring (bicyclic) bond motifs is 1. The molecule has 0 unspecified atom stereocenters. The molecular weight excluding hydrogens is 431 g/mol. The topological polar surface area (TPSA) is 73.6 Å². The van der Waals surface area contributed by atoms with Crippen molar-refractivity contribution in [2.24, 2.45) is 0 Å². The molecule has 0 fully saturated rings. The maximum Gasteiger partial charge on any atom is 0.224 e. The summed E-state index contributed by atoms with van der Waals surface area (Å²) in [4.78, 5) is 16.5. The number of aryl methyl sites for hydroxylation is 1. The summed E-state index contributed by atoms with van der Waals surface area (Å²) in [7, 11) is 0. The van der Waals surface area contributed by atoms with E-state index in [9.17, 15) is 9.18 Å². The second kappa shape index (κ2) is 8.02. The van der Waals surface area contributed by atoms with Gasteiger partial charge >= 0.3 is 0 Å². The normalized spacial score (nSPS) is 12.6. The van der Waals surface area contributed by atoms with Gasteiger partial charge in [0, 0.05) is 35.0 Å². The van der Waals surface area contributed by atoms with Crippen molar-refractivity contribution < 1.29 is 23.1 Å². The van der Waals surface area contributed by atoms with Gasteiger partial charge in [0.25, 0.3) is 0 Å². The van der Waals surface area contributed by atoms with Crippen molar-refractivity contribution >= 4 is 27.5 Å². The highest BCUT2D eigenvalue weighted by Crippen LogP contribution is 2.38. The van der Waals surface area contributed by atoms with Crippen LogP contribution in [0, 0.1) is 5.82 Å². The predicted octanol–water partition coefficient (Wildman–Crippen LogP) is 4.59. The Kier molecular flexibility index (Phi) is 5.29. The van der Waals surface area contributed by atoms with Crippen LogP contribution in [0.2, 0.25) is 0 Å². The Balaban J connectivity index is 1.37. The van der Waals surface area contributed by atoms with Crippen LogP contribution in [-0.2, 0) is 11.2 Å². The average Bonchev–Trinajstić information content (AvgIpc) is 3.16. The largest absolute Gasteiger partial charge is 0.486 e. The first-order valence-corrected chi connectivity index (χ1v) is 9.47. The SMILES string of the molecule is O=C(CCc1ncc(-c2ccc(F)cc2)o1)Nc1cc2c(cc1Br)OCCO2. The van der Waals surface area contributed by atoms with Crippen molar-refractivity contribution in [1.82, 2.24) is 4.98 Å². The fourth-order valence-corrected chi connectivity index (χ4v) is 3.19. The number of carbonyl (C=O) groups is 1. The van der Waals surface area contributed by atoms with Gasteiger partial charge < -0.3 is 19.2 Å². The van der Waals surface area contributed by atoms with Crippen LogP contribution in [0.1, 0.15) is 12.3 Å². The molecule has 0 saturated heterocycles. The van der Waals surface area contributed by atoms with Crippen molar-refractivity contribution in [3.63, 3.8) is 0 Å². The lowest BCUT2D eigenvalue weighted by atomic mass is 10.2. The minimum atomic E-state index is -0.314. The quantitative estimate of drug-likeness (QED) is 0.620. The lowest BCUT2D eigenvalue weighted by molar-refractivity contribution is -0.116. The molecule has 1 N–H and O–H groups in total. The van der Waals surface area contributed by atoms with Crippen LogP contribution in [0.15, 0.2) is 51.5 Å². The molecule has 1 amide bonds. The number of amides is 1. The van der Waals surface area contributed by atoms with Gasteiger partial charge in [-0.25, -0.2) is 9.37 Å². The highest BCUT2D eigenvalue weighted by Gasteiger charge is 2.16. The summed E-state index contributed by atoms with van der Waals surface area (Å²) < 4.78 is 30.4. The monoisotopic (exact) mass is 446 g/mol. The van der Waals surface area contributed by atoms with Crippen LogP contribution in [0.4, 0.5) is 10.1 Å². The van der Waals surface area contributed by atoms with E-state index in [1.165, 1.54) is 12.1 Å². The molecular formula is C20H16BrFN2O4. The van der Waals surface area contributed by atoms with E-state index in [4.69, 9.17) is 13.9 Å². The number of benzene rings is 2. The van der Waals surface area contributed by atoms with Gasteiger partial charge in [-0.1, -0.05) is 0 Å². The minimum Gasteiger partial charge on any atom is -0.486 e. The van der Waals surface area contributed by atoms with Gasteiger partial charge in [0.2, 0.25) is 5.91 Å². The van der Waals surface area contributed by atoms with Gasteiger partial charge in [-0.05, 0) is 40.2 Å². The maximum atomic E-state index is 13.0. The van der Waals surface area contributed by atoms with Gasteiger partial charge in [-0.15, -0.1) is 0 Å². The lowest BCUT2D eigenvalue weighted by Crippen LogP contribution is -2.17. The maximum absolute atomic E-state index is 13.0. The molecule has 4 rings (SSSR count). The Hall–Kier alpha value is -2.87. The molecule has 3 aromatic rings. The van der Waals surface area contributed by atoms with E-state index in [1.807, 2.05) is 0 Å². The van der Waals surface area contributed by atoms with Gasteiger partial charge in [0.05, 0.1) is 11.9 Å². The van der Waals surface area contributed by atoms with E-state index >= 15 is 0 Å². The first-order valence-electron chi connectivity index (χ1n) is 8.68. The van der Waals surface area contributed by atoms with Crippen molar-refractivity contribution in [2.75, 3.05) is 18.5 Å². The minimum absolute atomic E-state index is 0.182. The second-order valence-electron chi connectivity index (χ2n) is 6.15. The smallest absolute Gasteiger partial charge is 0.224 e. The Morgan fingerprint density at radius 1 is 1.14 bits per heavy atom. The number of aromatic nitrogens is 1. The molecule has 0 saturated carbocycles. The second-order valence-corrected chi connectivity index (χ2v) is 7.00. The van der Waals surface area contributed by atoms with Crippen molar-refractivity contribution in [2.45, 2.75) is 12.8 Å². The molecule has 1 aliphatic heterocycles. The molecule has 6 nitrogen and oxygen atoms in total. The zero-order chi connectivity index (χ0) is 19.5. The molecule has 8 heteroatoms. The van der Waals surface area contributed by atoms with E-state index in [1.54, 1.807) is 30.5 Å². The molecule has 1 aliphatic rings. The van der Waals surface area contributed by atoms with Crippen LogP contribution in [-0.4, -0.2) is 24.1 Å². The number of ether oxygens (including phenoxy) is 2. The summed E-state index contributed by atoms with van der Waals surface area (Å²) in [6, 6.07) is 9.45. The zero-order valence-corrected chi connectivity index (χ0v) is 16.3. The van der Waals surface area contributed by atoms with Gasteiger partial charge in [-0.3, -0.25) is 4.79 Å². The highest BCUT2D eigenvalue weighted by molar-refractivity contribution is 9.10. The number of halogens is 2. The number of rotatable bonds is 5. The van der Waals surface area contributed by atoms with Crippen molar-refractivity contribution in [3.05, 3.63) is 58.8 Å². The fourth-order valence-electron chi connectivity index (χ4n) is 2.77. The number of hydrogen-bond acceptors (Lipinski definition) is 5. The first-order chi connectivity index (χ1) is 13.6. The fraction of sp³-hybridized carbons (Fsp3) is 0.200. The molecule has 0 spiro atoms. The molecule has 0 radical (unpaired) electrons. The number of nitrogens with one attached hydrogen (secondary N) is 1. The van der Waals surface area contributed by atoms with Gasteiger partial charge in [0.15, 0.2) is 23.1 Å². The summed E-state index contributed by atoms with van der Waals surface area (Å²) in [6.45, 7) is 0.976. The van der Waals surface area contributed by atoms with Crippen LogP contribution in [0.25, 0.3) is 11.3 Å². The number of nitrogens with zero attached hydrogens (tertiary/aromatic N) is 1. The molecule has 28 heavy (non-hydrogen) atoms. The van der Waals surface area contributed by atoms with E-state index < -0.39 is 0 Å². The average molecular weight is 447 g/mol. The van der Waals surface area contributed by atoms with Crippen LogP contribution < -0.4 is 14.8 Å². The number of carbonyl (C=O) groups excluding carboxylic acids is 1. The van der Waals surface area contributed by atoms with Gasteiger partial charge in [0.1, 0.15) is 19.0 Å². The summed E-state index contributed by atoms with van der Waals surface area (Å²) >= 11 is 3.43. The highest BCUT2D eigenvalue weighted by atomic mass is 79.9. The van der Waals surface area contributed by atoms with Gasteiger partial charge in [-0.2, -0.15) is 0 Å². The van der Waals surface area contributed by atoms with Crippen LogP contribution in [0.3, 0.4) is 0 Å². The Morgan fingerprint density at radius 2 is 1.86 bits per heavy atom. The third-order valence-electron chi connectivity index (χ3n) is 4.15. The standard InChI is InChI=1S/C20H16BrFN2O4/c21-14-9-16-17(27-8-7-26-16)10-15(14)24-19(25)5-6-20-23-11-18(28-20)12-1-3-13(22)4-2-12/h1-4,9-11H,5-8H2,(H,24,25). The molecule has 0 aliphatic carbocycles. The molecule has 0 atom stereocenters. The summed E-state index contributed by atoms with van der Waals surface area (Å²) in [6.07, 6.45) is 2.11. The molecule has 2 heterocycles. The van der Waals surface area contributed by atoms with E-state index in [-0.39, 0.29) is 18.1 Å². The zero-order valence-electron chi connectivity index (χ0n) is 14.7. The van der Waals surface area contributed by atoms with E-state index in [0.717, 1.165) is 5.56 Å². The third-order valence-corrected chi connectivity index (χ3v) is 4.81. The van der Waals surface area contributed by atoms with Crippen LogP contribution in [0.5, 0.6) is 11.5 Å². The van der Waals surface area contributed by atoms with Crippen molar-refractivity contribution in [3.8, 4) is 22.8 Å². The first kappa shape index (κ1) is 18.5. The number of anilines is 1. The Bertz CT molecular complexity index is 1000. The third kappa shape index (κ3) is 4.17. The Labute approximate surface area is 168 Å². The lowest BCUT2D eigenvalue weighted by Gasteiger charge is -2.20. The van der Waals surface area contributed by atoms with Crippen LogP contribution >= 0.6 is 15.9 Å². The summed E-state index contributed by atoms with van der Waals surface area (Å²) in [5, 5.41) is 2.84.